The van der Waals surface area contributed by atoms with Gasteiger partial charge in [0.15, 0.2) is 5.82 Å². The molecule has 18 heavy (non-hydrogen) atoms. The van der Waals surface area contributed by atoms with Gasteiger partial charge in [-0.1, -0.05) is 18.0 Å². The number of thiophene rings is 1. The normalized spacial score (nSPS) is 20.8. The Morgan fingerprint density at radius 3 is 3.17 bits per heavy atom. The van der Waals surface area contributed by atoms with Crippen LogP contribution in [0.1, 0.15) is 43.1 Å². The molecule has 0 bridgehead atoms. The molecule has 2 aromatic heterocycles. The van der Waals surface area contributed by atoms with Crippen LogP contribution in [-0.2, 0) is 0 Å². The number of rotatable bonds is 2. The molecule has 1 aliphatic heterocycles. The van der Waals surface area contributed by atoms with E-state index >= 15 is 0 Å². The third-order valence-corrected chi connectivity index (χ3v) is 4.37. The molecule has 0 aromatic carbocycles. The zero-order valence-corrected chi connectivity index (χ0v) is 11.3. The third-order valence-electron chi connectivity index (χ3n) is 3.37. The molecule has 2 aromatic rings. The lowest BCUT2D eigenvalue weighted by atomic mass is 10.1. The van der Waals surface area contributed by atoms with Crippen molar-refractivity contribution < 1.29 is 4.52 Å². The molecule has 1 atom stereocenters. The Morgan fingerprint density at radius 1 is 1.39 bits per heavy atom. The fraction of sp³-hybridized carbons (Fsp3) is 0.538. The third kappa shape index (κ3) is 2.33. The summed E-state index contributed by atoms with van der Waals surface area (Å²) >= 11 is 1.65. The first kappa shape index (κ1) is 11.9. The molecule has 0 amide bonds. The highest BCUT2D eigenvalue weighted by molar-refractivity contribution is 7.13. The number of nitrogens with zero attached hydrogens (tertiary/aromatic N) is 2. The monoisotopic (exact) mass is 263 g/mol. The lowest BCUT2D eigenvalue weighted by molar-refractivity contribution is 0.403. The van der Waals surface area contributed by atoms with Crippen LogP contribution in [0, 0.1) is 6.92 Å². The van der Waals surface area contributed by atoms with Crippen molar-refractivity contribution in [2.45, 2.75) is 38.6 Å². The first-order chi connectivity index (χ1) is 8.84. The number of hydrogen-bond acceptors (Lipinski definition) is 5. The molecule has 1 fully saturated rings. The van der Waals surface area contributed by atoms with Crippen LogP contribution in [-0.4, -0.2) is 16.7 Å². The number of aryl methyl sites for hydroxylation is 1. The van der Waals surface area contributed by atoms with Gasteiger partial charge in [0, 0.05) is 0 Å². The summed E-state index contributed by atoms with van der Waals surface area (Å²) in [5.41, 5.74) is 1.20. The fourth-order valence-corrected chi connectivity index (χ4v) is 3.16. The molecule has 3 rings (SSSR count). The van der Waals surface area contributed by atoms with E-state index < -0.39 is 0 Å². The minimum absolute atomic E-state index is 0.255. The molecule has 96 valence electrons. The Morgan fingerprint density at radius 2 is 2.33 bits per heavy atom. The summed E-state index contributed by atoms with van der Waals surface area (Å²) in [5.74, 6) is 1.46. The molecule has 1 aliphatic rings. The van der Waals surface area contributed by atoms with Gasteiger partial charge in [-0.2, -0.15) is 4.98 Å². The van der Waals surface area contributed by atoms with Gasteiger partial charge < -0.3 is 9.84 Å². The Labute approximate surface area is 110 Å². The van der Waals surface area contributed by atoms with Crippen LogP contribution in [0.5, 0.6) is 0 Å². The van der Waals surface area contributed by atoms with Crippen LogP contribution < -0.4 is 5.32 Å². The molecule has 0 spiro atoms. The van der Waals surface area contributed by atoms with E-state index in [1.807, 2.05) is 0 Å². The second-order valence-corrected chi connectivity index (χ2v) is 5.66. The van der Waals surface area contributed by atoms with Gasteiger partial charge in [-0.15, -0.1) is 11.3 Å². The van der Waals surface area contributed by atoms with Gasteiger partial charge in [0.25, 0.3) is 5.89 Å². The van der Waals surface area contributed by atoms with Gasteiger partial charge in [0.2, 0.25) is 0 Å². The van der Waals surface area contributed by atoms with Crippen molar-refractivity contribution >= 4 is 11.3 Å². The molecule has 3 heterocycles. The highest BCUT2D eigenvalue weighted by atomic mass is 32.1. The molecule has 0 aliphatic carbocycles. The first-order valence-corrected chi connectivity index (χ1v) is 7.34. The van der Waals surface area contributed by atoms with E-state index in [9.17, 15) is 0 Å². The Balaban J connectivity index is 1.82. The van der Waals surface area contributed by atoms with E-state index in [1.165, 1.54) is 24.8 Å². The fourth-order valence-electron chi connectivity index (χ4n) is 2.31. The Kier molecular flexibility index (Phi) is 3.43. The lowest BCUT2D eigenvalue weighted by Gasteiger charge is -2.09. The van der Waals surface area contributed by atoms with Crippen molar-refractivity contribution in [1.82, 2.24) is 15.5 Å². The molecule has 1 saturated heterocycles. The van der Waals surface area contributed by atoms with E-state index in [4.69, 9.17) is 4.52 Å². The van der Waals surface area contributed by atoms with Crippen LogP contribution in [0.2, 0.25) is 0 Å². The molecule has 0 radical (unpaired) electrons. The van der Waals surface area contributed by atoms with E-state index in [0.29, 0.717) is 5.89 Å². The summed E-state index contributed by atoms with van der Waals surface area (Å²) in [6.45, 7) is 3.12. The van der Waals surface area contributed by atoms with Crippen LogP contribution in [0.4, 0.5) is 0 Å². The van der Waals surface area contributed by atoms with Crippen molar-refractivity contribution in [1.29, 1.82) is 0 Å². The highest BCUT2D eigenvalue weighted by Crippen LogP contribution is 2.29. The first-order valence-electron chi connectivity index (χ1n) is 6.46. The highest BCUT2D eigenvalue weighted by Gasteiger charge is 2.20. The number of hydrogen-bond donors (Lipinski definition) is 1. The van der Waals surface area contributed by atoms with Gasteiger partial charge in [0.1, 0.15) is 0 Å². The van der Waals surface area contributed by atoms with Crippen LogP contribution in [0.3, 0.4) is 0 Å². The van der Waals surface area contributed by atoms with Crippen molar-refractivity contribution in [3.63, 3.8) is 0 Å². The largest absolute Gasteiger partial charge is 0.333 e. The molecule has 0 saturated carbocycles. The summed E-state index contributed by atoms with van der Waals surface area (Å²) in [6.07, 6.45) is 4.87. The van der Waals surface area contributed by atoms with Crippen molar-refractivity contribution in [2.24, 2.45) is 0 Å². The summed E-state index contributed by atoms with van der Waals surface area (Å²) in [5, 5.41) is 9.68. The van der Waals surface area contributed by atoms with Crippen LogP contribution in [0.25, 0.3) is 10.8 Å². The second kappa shape index (κ2) is 5.20. The van der Waals surface area contributed by atoms with E-state index in [1.54, 1.807) is 11.3 Å². The maximum Gasteiger partial charge on any atom is 0.268 e. The van der Waals surface area contributed by atoms with Crippen molar-refractivity contribution in [3.8, 4) is 10.8 Å². The molecule has 1 N–H and O–H groups in total. The average Bonchev–Trinajstić information content (AvgIpc) is 2.91. The quantitative estimate of drug-likeness (QED) is 0.903. The number of aromatic nitrogens is 2. The smallest absolute Gasteiger partial charge is 0.268 e. The van der Waals surface area contributed by atoms with E-state index in [2.05, 4.69) is 33.8 Å². The van der Waals surface area contributed by atoms with E-state index in [0.717, 1.165) is 23.7 Å². The zero-order chi connectivity index (χ0) is 12.4. The van der Waals surface area contributed by atoms with Crippen molar-refractivity contribution in [3.05, 3.63) is 22.8 Å². The molecule has 5 heteroatoms. The van der Waals surface area contributed by atoms with Gasteiger partial charge in [-0.05, 0) is 43.3 Å². The summed E-state index contributed by atoms with van der Waals surface area (Å²) in [7, 11) is 0. The molecular formula is C13H17N3OS. The predicted molar refractivity (Wildman–Crippen MR) is 71.6 cm³/mol. The SMILES string of the molecule is Cc1ccsc1-c1nc(C2CCCCCN2)no1. The van der Waals surface area contributed by atoms with Crippen LogP contribution >= 0.6 is 11.3 Å². The predicted octanol–water partition coefficient (Wildman–Crippen LogP) is 3.31. The topological polar surface area (TPSA) is 51.0 Å². The second-order valence-electron chi connectivity index (χ2n) is 4.75. The Hall–Kier alpha value is -1.20. The number of nitrogens with one attached hydrogen (secondary N) is 1. The minimum Gasteiger partial charge on any atom is -0.333 e. The maximum absolute atomic E-state index is 5.39. The maximum atomic E-state index is 5.39. The summed E-state index contributed by atoms with van der Waals surface area (Å²) in [6, 6.07) is 2.33. The zero-order valence-electron chi connectivity index (χ0n) is 10.5. The van der Waals surface area contributed by atoms with E-state index in [-0.39, 0.29) is 6.04 Å². The van der Waals surface area contributed by atoms with Gasteiger partial charge >= 0.3 is 0 Å². The molecule has 4 nitrogen and oxygen atoms in total. The minimum atomic E-state index is 0.255. The summed E-state index contributed by atoms with van der Waals surface area (Å²) in [4.78, 5) is 5.63. The lowest BCUT2D eigenvalue weighted by Crippen LogP contribution is -2.21. The average molecular weight is 263 g/mol. The standard InChI is InChI=1S/C13H17N3OS/c1-9-6-8-18-11(9)13-15-12(16-17-13)10-5-3-2-4-7-14-10/h6,8,10,14H,2-5,7H2,1H3. The van der Waals surface area contributed by atoms with Crippen molar-refractivity contribution in [2.75, 3.05) is 6.54 Å². The molecule has 1 unspecified atom stereocenters. The van der Waals surface area contributed by atoms with Gasteiger partial charge in [-0.25, -0.2) is 0 Å². The Bertz CT molecular complexity index is 512. The van der Waals surface area contributed by atoms with Crippen LogP contribution in [0.15, 0.2) is 16.0 Å². The summed E-state index contributed by atoms with van der Waals surface area (Å²) < 4.78 is 5.39. The molecular weight excluding hydrogens is 246 g/mol. The van der Waals surface area contributed by atoms with Gasteiger partial charge in [0.05, 0.1) is 10.9 Å². The van der Waals surface area contributed by atoms with Gasteiger partial charge in [-0.3, -0.25) is 0 Å².